The maximum Gasteiger partial charge on any atom is 0.307 e. The number of carboxylic acid groups (broad SMARTS) is 1. The molecule has 0 amide bonds. The molecule has 0 bridgehead atoms. The molecule has 0 radical (unpaired) electrons. The molecule has 0 aliphatic carbocycles. The Bertz CT molecular complexity index is 635. The summed E-state index contributed by atoms with van der Waals surface area (Å²) in [5.41, 5.74) is -0.447. The normalized spacial score (nSPS) is 20.5. The third-order valence-corrected chi connectivity index (χ3v) is 4.46. The monoisotopic (exact) mass is 302 g/mol. The van der Waals surface area contributed by atoms with Crippen molar-refractivity contribution in [1.29, 1.82) is 0 Å². The van der Waals surface area contributed by atoms with Gasteiger partial charge in [-0.25, -0.2) is 5.10 Å². The molecular weight excluding hydrogens is 288 g/mol. The molecule has 3 N–H and O–H groups in total. The third-order valence-electron chi connectivity index (χ3n) is 2.99. The molecule has 1 unspecified atom stereocenters. The number of aromatic amines is 1. The number of carboxylic acids is 1. The van der Waals surface area contributed by atoms with E-state index >= 15 is 0 Å². The van der Waals surface area contributed by atoms with Crippen molar-refractivity contribution in [2.75, 3.05) is 17.8 Å². The van der Waals surface area contributed by atoms with Crippen LogP contribution in [0.3, 0.4) is 0 Å². The van der Waals surface area contributed by atoms with Crippen LogP contribution in [0.2, 0.25) is 0 Å². The largest absolute Gasteiger partial charge is 0.481 e. The van der Waals surface area contributed by atoms with Crippen molar-refractivity contribution in [3.63, 3.8) is 0 Å². The highest BCUT2D eigenvalue weighted by atomic mass is 32.2. The molecule has 1 aromatic rings. The molecule has 1 aliphatic rings. The van der Waals surface area contributed by atoms with Crippen LogP contribution in [0.15, 0.2) is 16.9 Å². The summed E-state index contributed by atoms with van der Waals surface area (Å²) in [7, 11) is -3.88. The van der Waals surface area contributed by atoms with Gasteiger partial charge in [-0.1, -0.05) is 0 Å². The van der Waals surface area contributed by atoms with Crippen molar-refractivity contribution in [3.05, 3.63) is 22.5 Å². The van der Waals surface area contributed by atoms with Crippen molar-refractivity contribution < 1.29 is 18.3 Å². The topological polar surface area (TPSA) is 132 Å². The van der Waals surface area contributed by atoms with Crippen LogP contribution in [0.4, 0.5) is 5.82 Å². The molecule has 1 fully saturated rings. The lowest BCUT2D eigenvalue weighted by Gasteiger charge is -2.29. The van der Waals surface area contributed by atoms with Crippen LogP contribution in [-0.4, -0.2) is 47.1 Å². The van der Waals surface area contributed by atoms with Gasteiger partial charge in [0.1, 0.15) is 0 Å². The van der Waals surface area contributed by atoms with Gasteiger partial charge >= 0.3 is 16.2 Å². The number of aromatic nitrogens is 2. The standard InChI is InChI=1S/C10H14N4O5S/c15-9-4-3-8(11-12-9)13-20(18,19)14-5-1-2-7(6-14)10(16)17/h3-4,7H,1-2,5-6H2,(H,11,13)(H,12,15)(H,16,17). The average molecular weight is 302 g/mol. The Kier molecular flexibility index (Phi) is 4.04. The number of aliphatic carboxylic acids is 1. The van der Waals surface area contributed by atoms with Crippen molar-refractivity contribution in [1.82, 2.24) is 14.5 Å². The predicted molar refractivity (Wildman–Crippen MR) is 69.3 cm³/mol. The van der Waals surface area contributed by atoms with E-state index in [0.717, 1.165) is 10.4 Å². The first kappa shape index (κ1) is 14.5. The van der Waals surface area contributed by atoms with E-state index in [2.05, 4.69) is 14.9 Å². The van der Waals surface area contributed by atoms with E-state index in [4.69, 9.17) is 5.11 Å². The van der Waals surface area contributed by atoms with Gasteiger partial charge in [0.15, 0.2) is 5.82 Å². The summed E-state index contributed by atoms with van der Waals surface area (Å²) in [5.74, 6) is -1.74. The fourth-order valence-electron chi connectivity index (χ4n) is 1.96. The molecule has 9 nitrogen and oxygen atoms in total. The van der Waals surface area contributed by atoms with E-state index in [9.17, 15) is 18.0 Å². The number of piperidine rings is 1. The minimum absolute atomic E-state index is 0.0259. The van der Waals surface area contributed by atoms with Crippen LogP contribution in [0, 0.1) is 5.92 Å². The zero-order chi connectivity index (χ0) is 14.8. The number of nitrogens with one attached hydrogen (secondary N) is 2. The molecule has 20 heavy (non-hydrogen) atoms. The minimum Gasteiger partial charge on any atom is -0.481 e. The zero-order valence-corrected chi connectivity index (χ0v) is 11.3. The van der Waals surface area contributed by atoms with Crippen LogP contribution in [0.5, 0.6) is 0 Å². The maximum atomic E-state index is 12.1. The zero-order valence-electron chi connectivity index (χ0n) is 10.4. The molecule has 0 saturated carbocycles. The second-order valence-electron chi connectivity index (χ2n) is 4.45. The summed E-state index contributed by atoms with van der Waals surface area (Å²) in [5, 5.41) is 14.6. The summed E-state index contributed by atoms with van der Waals surface area (Å²) >= 11 is 0. The molecule has 1 saturated heterocycles. The number of carbonyl (C=O) groups is 1. The summed E-state index contributed by atoms with van der Waals surface area (Å²) < 4.78 is 27.5. The Morgan fingerprint density at radius 3 is 2.85 bits per heavy atom. The van der Waals surface area contributed by atoms with Crippen LogP contribution in [0.1, 0.15) is 12.8 Å². The lowest BCUT2D eigenvalue weighted by atomic mass is 10.0. The molecular formula is C10H14N4O5S. The van der Waals surface area contributed by atoms with Gasteiger partial charge in [0.05, 0.1) is 5.92 Å². The van der Waals surface area contributed by atoms with Crippen molar-refractivity contribution >= 4 is 22.0 Å². The van der Waals surface area contributed by atoms with Gasteiger partial charge in [-0.05, 0) is 18.9 Å². The fourth-order valence-corrected chi connectivity index (χ4v) is 3.21. The molecule has 2 rings (SSSR count). The molecule has 1 atom stereocenters. The third kappa shape index (κ3) is 3.33. The van der Waals surface area contributed by atoms with Gasteiger partial charge in [0, 0.05) is 19.2 Å². The molecule has 0 spiro atoms. The van der Waals surface area contributed by atoms with Crippen molar-refractivity contribution in [2.24, 2.45) is 5.92 Å². The van der Waals surface area contributed by atoms with Crippen molar-refractivity contribution in [3.8, 4) is 0 Å². The molecule has 0 aromatic carbocycles. The number of hydrogen-bond acceptors (Lipinski definition) is 5. The Labute approximate surface area is 114 Å². The van der Waals surface area contributed by atoms with E-state index in [1.54, 1.807) is 0 Å². The van der Waals surface area contributed by atoms with Gasteiger partial charge in [-0.2, -0.15) is 17.8 Å². The first-order chi connectivity index (χ1) is 9.38. The second-order valence-corrected chi connectivity index (χ2v) is 6.12. The van der Waals surface area contributed by atoms with Crippen LogP contribution < -0.4 is 10.3 Å². The Balaban J connectivity index is 2.11. The average Bonchev–Trinajstić information content (AvgIpc) is 2.41. The number of H-pyrrole nitrogens is 1. The van der Waals surface area contributed by atoms with E-state index in [0.29, 0.717) is 12.8 Å². The number of hydrogen-bond donors (Lipinski definition) is 3. The number of anilines is 1. The van der Waals surface area contributed by atoms with Gasteiger partial charge in [0.2, 0.25) is 0 Å². The highest BCUT2D eigenvalue weighted by Gasteiger charge is 2.32. The van der Waals surface area contributed by atoms with Crippen LogP contribution >= 0.6 is 0 Å². The van der Waals surface area contributed by atoms with Crippen molar-refractivity contribution in [2.45, 2.75) is 12.8 Å². The van der Waals surface area contributed by atoms with E-state index in [-0.39, 0.29) is 18.9 Å². The minimum atomic E-state index is -3.88. The molecule has 1 aliphatic heterocycles. The van der Waals surface area contributed by atoms with E-state index in [1.165, 1.54) is 6.07 Å². The summed E-state index contributed by atoms with van der Waals surface area (Å²) in [4.78, 5) is 21.8. The van der Waals surface area contributed by atoms with E-state index < -0.39 is 27.7 Å². The lowest BCUT2D eigenvalue weighted by molar-refractivity contribution is -0.142. The molecule has 110 valence electrons. The quantitative estimate of drug-likeness (QED) is 0.668. The van der Waals surface area contributed by atoms with E-state index in [1.807, 2.05) is 0 Å². The number of nitrogens with zero attached hydrogens (tertiary/aromatic N) is 2. The maximum absolute atomic E-state index is 12.1. The van der Waals surface area contributed by atoms with Crippen LogP contribution in [-0.2, 0) is 15.0 Å². The Morgan fingerprint density at radius 2 is 2.25 bits per heavy atom. The highest BCUT2D eigenvalue weighted by molar-refractivity contribution is 7.90. The van der Waals surface area contributed by atoms with Crippen LogP contribution in [0.25, 0.3) is 0 Å². The first-order valence-electron chi connectivity index (χ1n) is 5.95. The lowest BCUT2D eigenvalue weighted by Crippen LogP contribution is -2.44. The predicted octanol–water partition coefficient (Wildman–Crippen LogP) is -0.777. The summed E-state index contributed by atoms with van der Waals surface area (Å²) in [6, 6.07) is 2.37. The molecule has 10 heteroatoms. The summed E-state index contributed by atoms with van der Waals surface area (Å²) in [6.07, 6.45) is 0.940. The number of rotatable bonds is 4. The Hall–Kier alpha value is -1.94. The van der Waals surface area contributed by atoms with Gasteiger partial charge < -0.3 is 5.11 Å². The fraction of sp³-hybridized carbons (Fsp3) is 0.500. The van der Waals surface area contributed by atoms with Gasteiger partial charge in [0.25, 0.3) is 5.56 Å². The first-order valence-corrected chi connectivity index (χ1v) is 7.39. The Morgan fingerprint density at radius 1 is 1.50 bits per heavy atom. The van der Waals surface area contributed by atoms with Gasteiger partial charge in [-0.15, -0.1) is 0 Å². The highest BCUT2D eigenvalue weighted by Crippen LogP contribution is 2.20. The molecule has 2 heterocycles. The van der Waals surface area contributed by atoms with Gasteiger partial charge in [-0.3, -0.25) is 14.3 Å². The summed E-state index contributed by atoms with van der Waals surface area (Å²) in [6.45, 7) is 0.177. The second kappa shape index (κ2) is 5.59. The SMILES string of the molecule is O=C(O)C1CCCN(S(=O)(=O)Nc2ccc(=O)[nH]n2)C1. The molecule has 1 aromatic heterocycles. The smallest absolute Gasteiger partial charge is 0.307 e.